The van der Waals surface area contributed by atoms with E-state index in [1.54, 1.807) is 39.9 Å². The molecule has 10 heteroatoms. The summed E-state index contributed by atoms with van der Waals surface area (Å²) in [5.74, 6) is 0.278. The third-order valence-corrected chi connectivity index (χ3v) is 7.55. The number of carbonyl (C=O) groups excluding carboxylic acids is 2. The fourth-order valence-corrected chi connectivity index (χ4v) is 5.24. The van der Waals surface area contributed by atoms with E-state index in [0.717, 1.165) is 16.7 Å². The second kappa shape index (κ2) is 9.07. The number of imidazole rings is 1. The van der Waals surface area contributed by atoms with Crippen LogP contribution in [0.3, 0.4) is 0 Å². The molecule has 0 unspecified atom stereocenters. The Kier molecular flexibility index (Phi) is 6.39. The molecular weight excluding hydrogens is 452 g/mol. The van der Waals surface area contributed by atoms with Crippen LogP contribution < -0.4 is 0 Å². The lowest BCUT2D eigenvalue weighted by atomic mass is 10.0. The van der Waals surface area contributed by atoms with Gasteiger partial charge in [-0.15, -0.1) is 0 Å². The minimum Gasteiger partial charge on any atom is -0.343 e. The van der Waals surface area contributed by atoms with Crippen LogP contribution in [0.4, 0.5) is 4.79 Å². The summed E-state index contributed by atoms with van der Waals surface area (Å²) in [7, 11) is -3.51. The van der Waals surface area contributed by atoms with Crippen LogP contribution in [-0.4, -0.2) is 64.6 Å². The highest BCUT2D eigenvalue weighted by Crippen LogP contribution is 2.26. The second-order valence-electron chi connectivity index (χ2n) is 8.13. The Morgan fingerprint density at radius 1 is 1.22 bits per heavy atom. The van der Waals surface area contributed by atoms with E-state index in [-0.39, 0.29) is 30.2 Å². The maximum absolute atomic E-state index is 12.7. The summed E-state index contributed by atoms with van der Waals surface area (Å²) < 4.78 is 26.2. The van der Waals surface area contributed by atoms with Crippen LogP contribution in [0.2, 0.25) is 5.02 Å². The zero-order valence-corrected chi connectivity index (χ0v) is 19.3. The van der Waals surface area contributed by atoms with Gasteiger partial charge in [-0.1, -0.05) is 23.7 Å². The van der Waals surface area contributed by atoms with E-state index < -0.39 is 9.84 Å². The smallest absolute Gasteiger partial charge is 0.330 e. The van der Waals surface area contributed by atoms with Crippen LogP contribution in [-0.2, 0) is 21.2 Å². The maximum Gasteiger partial charge on any atom is 0.330 e. The lowest BCUT2D eigenvalue weighted by Crippen LogP contribution is -2.47. The van der Waals surface area contributed by atoms with E-state index in [1.807, 2.05) is 11.8 Å². The van der Waals surface area contributed by atoms with Crippen molar-refractivity contribution in [1.29, 1.82) is 0 Å². The monoisotopic (exact) mass is 476 g/mol. The van der Waals surface area contributed by atoms with Crippen molar-refractivity contribution in [3.05, 3.63) is 58.0 Å². The van der Waals surface area contributed by atoms with Crippen LogP contribution in [0.1, 0.15) is 36.3 Å². The molecule has 0 saturated carbocycles. The highest BCUT2D eigenvalue weighted by molar-refractivity contribution is 7.94. The molecule has 0 aliphatic carbocycles. The van der Waals surface area contributed by atoms with Gasteiger partial charge in [0, 0.05) is 36.0 Å². The van der Waals surface area contributed by atoms with Crippen molar-refractivity contribution in [2.45, 2.75) is 38.8 Å². The Labute approximate surface area is 192 Å². The number of hydrogen-bond acceptors (Lipinski definition) is 5. The number of rotatable bonds is 6. The molecule has 2 aromatic rings. The first kappa shape index (κ1) is 22.5. The van der Waals surface area contributed by atoms with Crippen molar-refractivity contribution in [1.82, 2.24) is 19.4 Å². The molecule has 2 amide bonds. The number of amides is 2. The average molecular weight is 477 g/mol. The van der Waals surface area contributed by atoms with Gasteiger partial charge in [-0.05, 0) is 43.5 Å². The van der Waals surface area contributed by atoms with Crippen molar-refractivity contribution in [3.63, 3.8) is 0 Å². The number of aromatic nitrogens is 2. The summed E-state index contributed by atoms with van der Waals surface area (Å²) in [4.78, 5) is 33.0. The Morgan fingerprint density at radius 2 is 1.91 bits per heavy atom. The van der Waals surface area contributed by atoms with E-state index in [9.17, 15) is 18.0 Å². The maximum atomic E-state index is 12.7. The van der Waals surface area contributed by atoms with Crippen LogP contribution in [0, 0.1) is 6.92 Å². The van der Waals surface area contributed by atoms with Crippen molar-refractivity contribution in [2.75, 3.05) is 18.8 Å². The summed E-state index contributed by atoms with van der Waals surface area (Å²) in [6.07, 6.45) is 4.53. The minimum atomic E-state index is -3.51. The molecule has 0 spiro atoms. The normalized spacial score (nSPS) is 17.4. The van der Waals surface area contributed by atoms with Gasteiger partial charge in [0.2, 0.25) is 5.91 Å². The fraction of sp³-hybridized carbons (Fsp3) is 0.409. The molecule has 0 atom stereocenters. The predicted molar refractivity (Wildman–Crippen MR) is 122 cm³/mol. The van der Waals surface area contributed by atoms with Crippen LogP contribution in [0.5, 0.6) is 0 Å². The van der Waals surface area contributed by atoms with Gasteiger partial charge in [-0.3, -0.25) is 9.36 Å². The number of fused-ring (bicyclic) bond motifs is 1. The van der Waals surface area contributed by atoms with Crippen molar-refractivity contribution < 1.29 is 18.0 Å². The number of halogens is 1. The minimum absolute atomic E-state index is 0.0571. The van der Waals surface area contributed by atoms with Gasteiger partial charge in [0.25, 0.3) is 0 Å². The molecule has 2 aliphatic rings. The lowest BCUT2D eigenvalue weighted by molar-refractivity contribution is -0.132. The third kappa shape index (κ3) is 4.88. The van der Waals surface area contributed by atoms with E-state index in [0.29, 0.717) is 43.3 Å². The molecule has 3 heterocycles. The molecule has 0 N–H and O–H groups in total. The Morgan fingerprint density at radius 3 is 2.56 bits per heavy atom. The highest BCUT2D eigenvalue weighted by atomic mass is 35.5. The van der Waals surface area contributed by atoms with E-state index >= 15 is 0 Å². The number of aryl methyl sites for hydroxylation is 1. The third-order valence-electron chi connectivity index (χ3n) is 5.98. The molecule has 2 aliphatic heterocycles. The van der Waals surface area contributed by atoms with Crippen LogP contribution in [0.15, 0.2) is 35.9 Å². The van der Waals surface area contributed by atoms with Gasteiger partial charge in [0.05, 0.1) is 24.2 Å². The number of carbonyl (C=O) groups is 2. The molecule has 0 bridgehead atoms. The molecule has 32 heavy (non-hydrogen) atoms. The fourth-order valence-electron chi connectivity index (χ4n) is 4.16. The molecule has 1 aromatic heterocycles. The predicted octanol–water partition coefficient (Wildman–Crippen LogP) is 3.10. The van der Waals surface area contributed by atoms with Crippen molar-refractivity contribution in [2.24, 2.45) is 0 Å². The average Bonchev–Trinajstić information content (AvgIpc) is 3.31. The van der Waals surface area contributed by atoms with E-state index in [1.165, 1.54) is 6.08 Å². The second-order valence-corrected chi connectivity index (χ2v) is 10.6. The zero-order chi connectivity index (χ0) is 22.9. The summed E-state index contributed by atoms with van der Waals surface area (Å²) in [6, 6.07) is 6.83. The summed E-state index contributed by atoms with van der Waals surface area (Å²) >= 11 is 5.83. The zero-order valence-electron chi connectivity index (χ0n) is 17.8. The van der Waals surface area contributed by atoms with Crippen LogP contribution in [0.25, 0.3) is 6.08 Å². The molecule has 1 aromatic carbocycles. The first-order valence-corrected chi connectivity index (χ1v) is 12.6. The quantitative estimate of drug-likeness (QED) is 0.638. The highest BCUT2D eigenvalue weighted by Gasteiger charge is 2.36. The number of nitrogens with zero attached hydrogens (tertiary/aromatic N) is 4. The summed E-state index contributed by atoms with van der Waals surface area (Å²) in [5.41, 5.74) is 1.61. The molecule has 0 radical (unpaired) electrons. The van der Waals surface area contributed by atoms with E-state index in [2.05, 4.69) is 4.98 Å². The number of hydrogen-bond donors (Lipinski definition) is 0. The van der Waals surface area contributed by atoms with Gasteiger partial charge in [0.15, 0.2) is 9.84 Å². The molecular formula is C22H25ClN4O4S. The first-order chi connectivity index (χ1) is 15.2. The largest absolute Gasteiger partial charge is 0.343 e. The Bertz CT molecular complexity index is 1150. The molecule has 1 saturated heterocycles. The van der Waals surface area contributed by atoms with Gasteiger partial charge in [0.1, 0.15) is 5.82 Å². The first-order valence-electron chi connectivity index (χ1n) is 10.5. The number of likely N-dealkylation sites (tertiary alicyclic amines) is 1. The number of sulfone groups is 1. The van der Waals surface area contributed by atoms with Gasteiger partial charge >= 0.3 is 6.03 Å². The molecule has 170 valence electrons. The van der Waals surface area contributed by atoms with Crippen molar-refractivity contribution in [3.8, 4) is 0 Å². The summed E-state index contributed by atoms with van der Waals surface area (Å²) in [5, 5.41) is 1.72. The molecule has 4 rings (SSSR count). The van der Waals surface area contributed by atoms with Gasteiger partial charge in [-0.2, -0.15) is 0 Å². The standard InChI is InChI=1S/C22H25ClN4O4S/c1-16-24-14-20-15-26(22(29)27(16)20)19-6-10-25(11-7-19)21(28)9-13-32(30,31)12-8-17-2-4-18(23)5-3-17/h2-5,8,12,14,19H,6-7,9-11,13,15H2,1H3/b12-8+. The SMILES string of the molecule is Cc1ncc2n1C(=O)N(C1CCN(C(=O)CCS(=O)(=O)/C=C/c3ccc(Cl)cc3)CC1)C2. The number of piperidine rings is 1. The number of benzene rings is 1. The summed E-state index contributed by atoms with van der Waals surface area (Å²) in [6.45, 7) is 3.38. The Balaban J connectivity index is 1.26. The lowest BCUT2D eigenvalue weighted by Gasteiger charge is -2.36. The van der Waals surface area contributed by atoms with Gasteiger partial charge < -0.3 is 9.80 Å². The van der Waals surface area contributed by atoms with E-state index in [4.69, 9.17) is 11.6 Å². The topological polar surface area (TPSA) is 92.6 Å². The Hall–Kier alpha value is -2.65. The van der Waals surface area contributed by atoms with Crippen molar-refractivity contribution >= 4 is 39.5 Å². The van der Waals surface area contributed by atoms with Gasteiger partial charge in [-0.25, -0.2) is 18.2 Å². The van der Waals surface area contributed by atoms with Crippen LogP contribution >= 0.6 is 11.6 Å². The molecule has 8 nitrogen and oxygen atoms in total. The molecule has 1 fully saturated rings.